The molecule has 0 spiro atoms. The van der Waals surface area contributed by atoms with E-state index in [1.54, 1.807) is 0 Å². The highest BCUT2D eigenvalue weighted by Crippen LogP contribution is 2.09. The monoisotopic (exact) mass is 222 g/mol. The Kier molecular flexibility index (Phi) is 3.87. The van der Waals surface area contributed by atoms with Crippen LogP contribution in [-0.2, 0) is 11.2 Å². The van der Waals surface area contributed by atoms with Crippen LogP contribution in [0.15, 0.2) is 54.6 Å². The average Bonchev–Trinajstić information content (AvgIpc) is 2.40. The molecular weight excluding hydrogens is 208 g/mol. The van der Waals surface area contributed by atoms with E-state index in [-0.39, 0.29) is 0 Å². The lowest BCUT2D eigenvalue weighted by Gasteiger charge is -1.97. The first-order chi connectivity index (χ1) is 8.38. The molecule has 0 aromatic heterocycles. The van der Waals surface area contributed by atoms with E-state index in [0.717, 1.165) is 17.4 Å². The summed E-state index contributed by atoms with van der Waals surface area (Å²) in [6, 6.07) is 18.2. The van der Waals surface area contributed by atoms with Crippen LogP contribution >= 0.6 is 0 Å². The van der Waals surface area contributed by atoms with Crippen molar-refractivity contribution in [1.29, 1.82) is 0 Å². The molecule has 0 amide bonds. The quantitative estimate of drug-likeness (QED) is 0.570. The minimum absolute atomic E-state index is 0.489. The highest BCUT2D eigenvalue weighted by Gasteiger charge is 1.91. The summed E-state index contributed by atoms with van der Waals surface area (Å²) in [5.41, 5.74) is 3.38. The Labute approximate surface area is 101 Å². The molecule has 0 bridgehead atoms. The number of hydrogen-bond acceptors (Lipinski definition) is 1. The van der Waals surface area contributed by atoms with Gasteiger partial charge in [0.05, 0.1) is 0 Å². The number of aldehydes is 1. The van der Waals surface area contributed by atoms with E-state index in [1.807, 2.05) is 42.5 Å². The number of rotatable bonds is 4. The first-order valence-electron chi connectivity index (χ1n) is 5.64. The molecule has 84 valence electrons. The molecule has 0 fully saturated rings. The lowest BCUT2D eigenvalue weighted by molar-refractivity contribution is -0.107. The Bertz CT molecular complexity index is 495. The van der Waals surface area contributed by atoms with Gasteiger partial charge in [-0.25, -0.2) is 0 Å². The van der Waals surface area contributed by atoms with Gasteiger partial charge in [-0.05, 0) is 16.7 Å². The summed E-state index contributed by atoms with van der Waals surface area (Å²) in [6.45, 7) is 0. The van der Waals surface area contributed by atoms with Crippen molar-refractivity contribution in [2.75, 3.05) is 0 Å². The molecule has 0 atom stereocenters. The van der Waals surface area contributed by atoms with E-state index in [0.29, 0.717) is 6.42 Å². The van der Waals surface area contributed by atoms with E-state index in [9.17, 15) is 4.79 Å². The minimum Gasteiger partial charge on any atom is -0.303 e. The van der Waals surface area contributed by atoms with Crippen LogP contribution in [0.1, 0.15) is 16.7 Å². The summed E-state index contributed by atoms with van der Waals surface area (Å²) in [5, 5.41) is 0. The van der Waals surface area contributed by atoms with E-state index in [1.165, 1.54) is 5.56 Å². The SMILES string of the molecule is O=CCc1ccc(/C=C/c2ccccc2)cc1. The van der Waals surface area contributed by atoms with Crippen LogP contribution in [-0.4, -0.2) is 6.29 Å². The van der Waals surface area contributed by atoms with Crippen LogP contribution in [0.3, 0.4) is 0 Å². The molecule has 1 nitrogen and oxygen atoms in total. The van der Waals surface area contributed by atoms with E-state index in [2.05, 4.69) is 24.3 Å². The third-order valence-electron chi connectivity index (χ3n) is 2.57. The largest absolute Gasteiger partial charge is 0.303 e. The van der Waals surface area contributed by atoms with Crippen LogP contribution in [0.25, 0.3) is 12.2 Å². The maximum Gasteiger partial charge on any atom is 0.124 e. The summed E-state index contributed by atoms with van der Waals surface area (Å²) in [6.07, 6.45) is 5.56. The molecular formula is C16H14O. The fourth-order valence-electron chi connectivity index (χ4n) is 1.62. The van der Waals surface area contributed by atoms with Gasteiger partial charge in [0.25, 0.3) is 0 Å². The maximum absolute atomic E-state index is 10.4. The van der Waals surface area contributed by atoms with Gasteiger partial charge in [0.2, 0.25) is 0 Å². The van der Waals surface area contributed by atoms with E-state index >= 15 is 0 Å². The Morgan fingerprint density at radius 2 is 1.35 bits per heavy atom. The van der Waals surface area contributed by atoms with Gasteiger partial charge in [-0.3, -0.25) is 0 Å². The lowest BCUT2D eigenvalue weighted by atomic mass is 10.1. The summed E-state index contributed by atoms with van der Waals surface area (Å²) in [5.74, 6) is 0. The molecule has 0 aliphatic carbocycles. The molecule has 0 N–H and O–H groups in total. The zero-order valence-corrected chi connectivity index (χ0v) is 9.54. The normalized spacial score (nSPS) is 10.6. The van der Waals surface area contributed by atoms with Crippen molar-refractivity contribution in [3.63, 3.8) is 0 Å². The molecule has 0 saturated carbocycles. The van der Waals surface area contributed by atoms with Gasteiger partial charge in [0, 0.05) is 6.42 Å². The van der Waals surface area contributed by atoms with Crippen LogP contribution in [0.5, 0.6) is 0 Å². The number of carbonyl (C=O) groups excluding carboxylic acids is 1. The van der Waals surface area contributed by atoms with Crippen molar-refractivity contribution in [1.82, 2.24) is 0 Å². The van der Waals surface area contributed by atoms with Gasteiger partial charge in [-0.15, -0.1) is 0 Å². The molecule has 0 saturated heterocycles. The third-order valence-corrected chi connectivity index (χ3v) is 2.57. The minimum atomic E-state index is 0.489. The Morgan fingerprint density at radius 1 is 0.765 bits per heavy atom. The molecule has 0 unspecified atom stereocenters. The summed E-state index contributed by atoms with van der Waals surface area (Å²) < 4.78 is 0. The molecule has 17 heavy (non-hydrogen) atoms. The Balaban J connectivity index is 2.08. The van der Waals surface area contributed by atoms with Gasteiger partial charge in [-0.2, -0.15) is 0 Å². The van der Waals surface area contributed by atoms with Crippen molar-refractivity contribution in [2.24, 2.45) is 0 Å². The van der Waals surface area contributed by atoms with Crippen LogP contribution in [0.2, 0.25) is 0 Å². The molecule has 0 aliphatic heterocycles. The standard InChI is InChI=1S/C16H14O/c17-13-12-16-10-8-15(9-11-16)7-6-14-4-2-1-3-5-14/h1-11,13H,12H2/b7-6+. The van der Waals surface area contributed by atoms with Gasteiger partial charge in [-0.1, -0.05) is 66.7 Å². The molecule has 2 aromatic rings. The molecule has 0 aliphatic rings. The van der Waals surface area contributed by atoms with Gasteiger partial charge in [0.15, 0.2) is 0 Å². The third kappa shape index (κ3) is 3.42. The number of hydrogen-bond donors (Lipinski definition) is 0. The number of benzene rings is 2. The first-order valence-corrected chi connectivity index (χ1v) is 5.64. The molecule has 0 heterocycles. The van der Waals surface area contributed by atoms with Crippen molar-refractivity contribution in [3.05, 3.63) is 71.3 Å². The first kappa shape index (κ1) is 11.3. The predicted molar refractivity (Wildman–Crippen MR) is 71.6 cm³/mol. The van der Waals surface area contributed by atoms with Crippen LogP contribution < -0.4 is 0 Å². The second kappa shape index (κ2) is 5.80. The maximum atomic E-state index is 10.4. The van der Waals surface area contributed by atoms with E-state index in [4.69, 9.17) is 0 Å². The van der Waals surface area contributed by atoms with Crippen molar-refractivity contribution >= 4 is 18.4 Å². The second-order valence-electron chi connectivity index (χ2n) is 3.86. The average molecular weight is 222 g/mol. The van der Waals surface area contributed by atoms with Crippen LogP contribution in [0, 0.1) is 0 Å². The Hall–Kier alpha value is -2.15. The summed E-state index contributed by atoms with van der Waals surface area (Å²) in [7, 11) is 0. The van der Waals surface area contributed by atoms with Gasteiger partial charge in [0.1, 0.15) is 6.29 Å². The molecule has 1 heteroatoms. The molecule has 2 aromatic carbocycles. The van der Waals surface area contributed by atoms with Crippen molar-refractivity contribution in [3.8, 4) is 0 Å². The molecule has 2 rings (SSSR count). The summed E-state index contributed by atoms with van der Waals surface area (Å²) >= 11 is 0. The van der Waals surface area contributed by atoms with Crippen molar-refractivity contribution < 1.29 is 4.79 Å². The fourth-order valence-corrected chi connectivity index (χ4v) is 1.62. The van der Waals surface area contributed by atoms with E-state index < -0.39 is 0 Å². The van der Waals surface area contributed by atoms with Crippen LogP contribution in [0.4, 0.5) is 0 Å². The smallest absolute Gasteiger partial charge is 0.124 e. The highest BCUT2D eigenvalue weighted by molar-refractivity contribution is 5.69. The molecule has 0 radical (unpaired) electrons. The summed E-state index contributed by atoms with van der Waals surface area (Å²) in [4.78, 5) is 10.4. The van der Waals surface area contributed by atoms with Gasteiger partial charge >= 0.3 is 0 Å². The fraction of sp³-hybridized carbons (Fsp3) is 0.0625. The zero-order valence-electron chi connectivity index (χ0n) is 9.54. The topological polar surface area (TPSA) is 17.1 Å². The highest BCUT2D eigenvalue weighted by atomic mass is 16.1. The zero-order chi connectivity index (χ0) is 11.9. The number of carbonyl (C=O) groups is 1. The Morgan fingerprint density at radius 3 is 1.94 bits per heavy atom. The second-order valence-corrected chi connectivity index (χ2v) is 3.86. The van der Waals surface area contributed by atoms with Gasteiger partial charge < -0.3 is 4.79 Å². The van der Waals surface area contributed by atoms with Crippen molar-refractivity contribution in [2.45, 2.75) is 6.42 Å². The predicted octanol–water partition coefficient (Wildman–Crippen LogP) is 3.60. The lowest BCUT2D eigenvalue weighted by Crippen LogP contribution is -1.84.